The van der Waals surface area contributed by atoms with Crippen molar-refractivity contribution in [2.75, 3.05) is 0 Å². The third-order valence-electron chi connectivity index (χ3n) is 3.79. The van der Waals surface area contributed by atoms with E-state index in [-0.39, 0.29) is 12.2 Å². The van der Waals surface area contributed by atoms with Gasteiger partial charge in [-0.25, -0.2) is 0 Å². The number of nitrogens with zero attached hydrogens (tertiary/aromatic N) is 2. The van der Waals surface area contributed by atoms with E-state index in [9.17, 15) is 9.90 Å². The van der Waals surface area contributed by atoms with E-state index in [0.29, 0.717) is 17.8 Å². The molecule has 0 amide bonds. The minimum atomic E-state index is -0.870. The fourth-order valence-corrected chi connectivity index (χ4v) is 2.61. The van der Waals surface area contributed by atoms with E-state index in [1.807, 2.05) is 42.5 Å². The molecule has 1 aromatic heterocycles. The summed E-state index contributed by atoms with van der Waals surface area (Å²) in [6.45, 7) is 0.643. The van der Waals surface area contributed by atoms with Crippen molar-refractivity contribution >= 4 is 5.97 Å². The zero-order valence-electron chi connectivity index (χ0n) is 13.1. The zero-order valence-corrected chi connectivity index (χ0v) is 13.1. The molecule has 0 fully saturated rings. The van der Waals surface area contributed by atoms with Crippen molar-refractivity contribution in [3.8, 4) is 17.0 Å². The Bertz CT molecular complexity index is 824. The summed E-state index contributed by atoms with van der Waals surface area (Å²) in [6.07, 6.45) is 2.50. The Hall–Kier alpha value is -3.08. The molecule has 0 radical (unpaired) electrons. The van der Waals surface area contributed by atoms with Gasteiger partial charge in [0, 0.05) is 23.9 Å². The number of carbonyl (C=O) groups is 1. The van der Waals surface area contributed by atoms with E-state index in [1.165, 1.54) is 0 Å². The van der Waals surface area contributed by atoms with Crippen LogP contribution in [0.2, 0.25) is 0 Å². The molecule has 0 aliphatic rings. The number of aromatic nitrogens is 2. The average molecular weight is 322 g/mol. The lowest BCUT2D eigenvalue weighted by Crippen LogP contribution is -2.02. The number of carboxylic acid groups (broad SMARTS) is 1. The Labute approximate surface area is 139 Å². The molecule has 0 atom stereocenters. The molecule has 2 aromatic carbocycles. The normalized spacial score (nSPS) is 10.7. The summed E-state index contributed by atoms with van der Waals surface area (Å²) in [5, 5.41) is 23.0. The molecule has 0 spiro atoms. The minimum Gasteiger partial charge on any atom is -0.508 e. The van der Waals surface area contributed by atoms with Crippen LogP contribution in [-0.4, -0.2) is 26.0 Å². The highest BCUT2D eigenvalue weighted by Crippen LogP contribution is 2.22. The molecule has 24 heavy (non-hydrogen) atoms. The van der Waals surface area contributed by atoms with Gasteiger partial charge in [-0.15, -0.1) is 0 Å². The number of carboxylic acids is 1. The Morgan fingerprint density at radius 3 is 2.42 bits per heavy atom. The topological polar surface area (TPSA) is 75.3 Å². The molecular formula is C19H18N2O3. The number of aliphatic carboxylic acids is 1. The maximum atomic E-state index is 11.1. The van der Waals surface area contributed by atoms with Crippen LogP contribution in [0.15, 0.2) is 60.8 Å². The van der Waals surface area contributed by atoms with E-state index in [4.69, 9.17) is 5.11 Å². The molecule has 0 saturated heterocycles. The number of phenols is 1. The predicted octanol–water partition coefficient (Wildman–Crippen LogP) is 3.13. The summed E-state index contributed by atoms with van der Waals surface area (Å²) in [5.74, 6) is -0.627. The van der Waals surface area contributed by atoms with E-state index >= 15 is 0 Å². The first-order chi connectivity index (χ1) is 11.6. The first kappa shape index (κ1) is 15.8. The van der Waals surface area contributed by atoms with Crippen molar-refractivity contribution in [2.45, 2.75) is 19.4 Å². The van der Waals surface area contributed by atoms with Crippen LogP contribution in [0.5, 0.6) is 5.75 Å². The van der Waals surface area contributed by atoms with Crippen LogP contribution in [0.25, 0.3) is 11.3 Å². The number of aromatic hydroxyl groups is 1. The van der Waals surface area contributed by atoms with Gasteiger partial charge in [0.05, 0.1) is 12.1 Å². The maximum absolute atomic E-state index is 11.1. The number of benzene rings is 2. The number of aryl methyl sites for hydroxylation is 2. The number of phenolic OH excluding ortho intramolecular Hbond substituents is 1. The molecule has 5 nitrogen and oxygen atoms in total. The van der Waals surface area contributed by atoms with Gasteiger partial charge >= 0.3 is 5.97 Å². The molecule has 122 valence electrons. The van der Waals surface area contributed by atoms with Crippen LogP contribution < -0.4 is 0 Å². The van der Waals surface area contributed by atoms with Gasteiger partial charge in [0.25, 0.3) is 0 Å². The highest BCUT2D eigenvalue weighted by molar-refractivity contribution is 5.74. The zero-order chi connectivity index (χ0) is 16.9. The molecular weight excluding hydrogens is 304 g/mol. The summed E-state index contributed by atoms with van der Waals surface area (Å²) in [7, 11) is 0. The van der Waals surface area contributed by atoms with Gasteiger partial charge in [-0.1, -0.05) is 42.5 Å². The Kier molecular flexibility index (Phi) is 4.61. The van der Waals surface area contributed by atoms with E-state index in [1.54, 1.807) is 23.0 Å². The van der Waals surface area contributed by atoms with Gasteiger partial charge in [-0.05, 0) is 24.1 Å². The molecule has 3 aromatic rings. The summed E-state index contributed by atoms with van der Waals surface area (Å²) >= 11 is 0. The summed E-state index contributed by atoms with van der Waals surface area (Å²) < 4.78 is 1.79. The Morgan fingerprint density at radius 1 is 1.04 bits per heavy atom. The largest absolute Gasteiger partial charge is 0.508 e. The second-order valence-corrected chi connectivity index (χ2v) is 5.62. The molecule has 0 saturated carbocycles. The van der Waals surface area contributed by atoms with Crippen LogP contribution in [0.3, 0.4) is 0 Å². The van der Waals surface area contributed by atoms with Crippen molar-refractivity contribution in [2.24, 2.45) is 0 Å². The van der Waals surface area contributed by atoms with Crippen molar-refractivity contribution in [1.82, 2.24) is 9.78 Å². The van der Waals surface area contributed by atoms with Crippen LogP contribution >= 0.6 is 0 Å². The van der Waals surface area contributed by atoms with Crippen LogP contribution in [0.1, 0.15) is 11.1 Å². The summed E-state index contributed by atoms with van der Waals surface area (Å²) in [5.41, 5.74) is 3.42. The molecule has 0 aliphatic heterocycles. The molecule has 3 rings (SSSR count). The summed E-state index contributed by atoms with van der Waals surface area (Å²) in [6, 6.07) is 16.7. The Morgan fingerprint density at radius 2 is 1.75 bits per heavy atom. The first-order valence-corrected chi connectivity index (χ1v) is 7.73. The first-order valence-electron chi connectivity index (χ1n) is 7.73. The minimum absolute atomic E-state index is 0.0521. The van der Waals surface area contributed by atoms with Crippen LogP contribution in [0, 0.1) is 0 Å². The summed E-state index contributed by atoms with van der Waals surface area (Å²) in [4.78, 5) is 11.1. The van der Waals surface area contributed by atoms with Gasteiger partial charge in [0.2, 0.25) is 0 Å². The smallest absolute Gasteiger partial charge is 0.307 e. The third-order valence-corrected chi connectivity index (χ3v) is 3.79. The molecule has 0 bridgehead atoms. The maximum Gasteiger partial charge on any atom is 0.307 e. The van der Waals surface area contributed by atoms with Crippen LogP contribution in [0.4, 0.5) is 0 Å². The van der Waals surface area contributed by atoms with Gasteiger partial charge in [0.1, 0.15) is 5.75 Å². The Balaban J connectivity index is 1.82. The predicted molar refractivity (Wildman–Crippen MR) is 90.8 cm³/mol. The van der Waals surface area contributed by atoms with Crippen molar-refractivity contribution in [3.63, 3.8) is 0 Å². The third kappa shape index (κ3) is 3.81. The highest BCUT2D eigenvalue weighted by atomic mass is 16.4. The van der Waals surface area contributed by atoms with E-state index in [2.05, 4.69) is 5.10 Å². The van der Waals surface area contributed by atoms with E-state index < -0.39 is 5.97 Å². The van der Waals surface area contributed by atoms with Crippen molar-refractivity contribution in [1.29, 1.82) is 0 Å². The molecule has 5 heteroatoms. The average Bonchev–Trinajstić information content (AvgIpc) is 2.97. The number of rotatable bonds is 6. The van der Waals surface area contributed by atoms with Gasteiger partial charge in [-0.3, -0.25) is 9.48 Å². The fourth-order valence-electron chi connectivity index (χ4n) is 2.61. The SMILES string of the molecule is O=C(O)Cc1cn(CCc2ccc(O)cc2)nc1-c1ccccc1. The second kappa shape index (κ2) is 7.00. The van der Waals surface area contributed by atoms with Crippen LogP contribution in [-0.2, 0) is 24.2 Å². The van der Waals surface area contributed by atoms with Crippen molar-refractivity contribution < 1.29 is 15.0 Å². The standard InChI is InChI=1S/C19H18N2O3/c22-17-8-6-14(7-9-17)10-11-21-13-16(12-18(23)24)19(20-21)15-4-2-1-3-5-15/h1-9,13,22H,10-12H2,(H,23,24). The molecule has 1 heterocycles. The quantitative estimate of drug-likeness (QED) is 0.731. The fraction of sp³-hybridized carbons (Fsp3) is 0.158. The van der Waals surface area contributed by atoms with E-state index in [0.717, 1.165) is 17.5 Å². The lowest BCUT2D eigenvalue weighted by atomic mass is 10.1. The lowest BCUT2D eigenvalue weighted by molar-refractivity contribution is -0.136. The number of hydrogen-bond acceptors (Lipinski definition) is 3. The van der Waals surface area contributed by atoms with Crippen molar-refractivity contribution in [3.05, 3.63) is 71.9 Å². The molecule has 2 N–H and O–H groups in total. The molecule has 0 unspecified atom stereocenters. The van der Waals surface area contributed by atoms with Gasteiger partial charge in [0.15, 0.2) is 0 Å². The van der Waals surface area contributed by atoms with Gasteiger partial charge < -0.3 is 10.2 Å². The van der Waals surface area contributed by atoms with Gasteiger partial charge in [-0.2, -0.15) is 5.10 Å². The molecule has 0 aliphatic carbocycles. The lowest BCUT2D eigenvalue weighted by Gasteiger charge is -2.02. The number of hydrogen-bond donors (Lipinski definition) is 2. The monoisotopic (exact) mass is 322 g/mol. The second-order valence-electron chi connectivity index (χ2n) is 5.62. The highest BCUT2D eigenvalue weighted by Gasteiger charge is 2.14.